The Morgan fingerprint density at radius 1 is 1.10 bits per heavy atom. The third-order valence-electron chi connectivity index (χ3n) is 3.56. The molecule has 1 heterocycles. The molecule has 0 unspecified atom stereocenters. The Kier molecular flexibility index (Phi) is 3.44. The van der Waals surface area contributed by atoms with Gasteiger partial charge in [0, 0.05) is 11.1 Å². The molecule has 0 aliphatic carbocycles. The van der Waals surface area contributed by atoms with E-state index in [2.05, 4.69) is 10.4 Å². The summed E-state index contributed by atoms with van der Waals surface area (Å²) in [5, 5.41) is 8.47. The van der Waals surface area contributed by atoms with Crippen molar-refractivity contribution in [2.45, 2.75) is 20.4 Å². The summed E-state index contributed by atoms with van der Waals surface area (Å²) in [7, 11) is 0. The van der Waals surface area contributed by atoms with Gasteiger partial charge >= 0.3 is 0 Å². The van der Waals surface area contributed by atoms with Gasteiger partial charge in [0.2, 0.25) is 5.91 Å². The lowest BCUT2D eigenvalue weighted by atomic mass is 10.2. The quantitative estimate of drug-likeness (QED) is 0.799. The molecular weight excluding hydrogens is 262 g/mol. The molecule has 0 spiro atoms. The number of benzene rings is 2. The Hall–Kier alpha value is -2.62. The molecule has 4 nitrogen and oxygen atoms in total. The van der Waals surface area contributed by atoms with Crippen LogP contribution in [0.2, 0.25) is 0 Å². The molecule has 21 heavy (non-hydrogen) atoms. The number of anilines is 1. The number of carbonyl (C=O) groups excluding carboxylic acids is 1. The fourth-order valence-electron chi connectivity index (χ4n) is 2.45. The predicted octanol–water partition coefficient (Wildman–Crippen LogP) is 3.29. The van der Waals surface area contributed by atoms with Crippen molar-refractivity contribution in [1.29, 1.82) is 0 Å². The maximum atomic E-state index is 12.2. The van der Waals surface area contributed by atoms with Crippen LogP contribution in [0, 0.1) is 13.8 Å². The van der Waals surface area contributed by atoms with Crippen molar-refractivity contribution >= 4 is 22.5 Å². The summed E-state index contributed by atoms with van der Waals surface area (Å²) in [4.78, 5) is 12.2. The summed E-state index contributed by atoms with van der Waals surface area (Å²) in [5.41, 5.74) is 3.81. The Bertz CT molecular complexity index is 805. The highest BCUT2D eigenvalue weighted by atomic mass is 16.2. The van der Waals surface area contributed by atoms with Crippen molar-refractivity contribution in [1.82, 2.24) is 9.78 Å². The van der Waals surface area contributed by atoms with Gasteiger partial charge in [-0.15, -0.1) is 0 Å². The highest BCUT2D eigenvalue weighted by molar-refractivity contribution is 5.92. The first-order chi connectivity index (χ1) is 10.1. The first kappa shape index (κ1) is 13.4. The van der Waals surface area contributed by atoms with Gasteiger partial charge in [0.15, 0.2) is 0 Å². The van der Waals surface area contributed by atoms with Crippen molar-refractivity contribution in [2.24, 2.45) is 0 Å². The molecule has 106 valence electrons. The molecule has 1 aromatic heterocycles. The number of hydrogen-bond acceptors (Lipinski definition) is 2. The number of nitrogens with zero attached hydrogens (tertiary/aromatic N) is 2. The number of aromatic nitrogens is 2. The van der Waals surface area contributed by atoms with E-state index in [4.69, 9.17) is 0 Å². The van der Waals surface area contributed by atoms with Gasteiger partial charge in [-0.05, 0) is 31.5 Å². The van der Waals surface area contributed by atoms with Crippen LogP contribution in [0.5, 0.6) is 0 Å². The van der Waals surface area contributed by atoms with E-state index < -0.39 is 0 Å². The summed E-state index contributed by atoms with van der Waals surface area (Å²) in [5.74, 6) is -0.0717. The largest absolute Gasteiger partial charge is 0.324 e. The number of para-hydroxylation sites is 2. The topological polar surface area (TPSA) is 46.9 Å². The monoisotopic (exact) mass is 279 g/mol. The van der Waals surface area contributed by atoms with Crippen molar-refractivity contribution in [3.63, 3.8) is 0 Å². The van der Waals surface area contributed by atoms with E-state index in [1.165, 1.54) is 0 Å². The average Bonchev–Trinajstić information content (AvgIpc) is 2.79. The van der Waals surface area contributed by atoms with Crippen LogP contribution in [-0.2, 0) is 11.3 Å². The minimum Gasteiger partial charge on any atom is -0.324 e. The third kappa shape index (κ3) is 2.65. The SMILES string of the molecule is Cc1ccccc1NC(=O)Cn1nc(C)c2ccccc21. The zero-order valence-electron chi connectivity index (χ0n) is 12.1. The van der Waals surface area contributed by atoms with E-state index in [0.717, 1.165) is 27.8 Å². The minimum atomic E-state index is -0.0717. The number of hydrogen-bond donors (Lipinski definition) is 1. The van der Waals surface area contributed by atoms with E-state index in [-0.39, 0.29) is 12.5 Å². The van der Waals surface area contributed by atoms with Crippen LogP contribution in [0.1, 0.15) is 11.3 Å². The number of rotatable bonds is 3. The molecule has 4 heteroatoms. The van der Waals surface area contributed by atoms with E-state index in [1.54, 1.807) is 4.68 Å². The lowest BCUT2D eigenvalue weighted by Gasteiger charge is -2.08. The molecule has 0 bridgehead atoms. The van der Waals surface area contributed by atoms with Crippen LogP contribution < -0.4 is 5.32 Å². The molecule has 0 aliphatic rings. The van der Waals surface area contributed by atoms with Crippen molar-refractivity contribution in [3.8, 4) is 0 Å². The zero-order valence-corrected chi connectivity index (χ0v) is 12.1. The highest BCUT2D eigenvalue weighted by Gasteiger charge is 2.10. The van der Waals surface area contributed by atoms with Gasteiger partial charge in [-0.2, -0.15) is 5.10 Å². The van der Waals surface area contributed by atoms with Crippen LogP contribution in [0.25, 0.3) is 10.9 Å². The van der Waals surface area contributed by atoms with Gasteiger partial charge in [0.25, 0.3) is 0 Å². The maximum absolute atomic E-state index is 12.2. The Balaban J connectivity index is 1.82. The van der Waals surface area contributed by atoms with Crippen molar-refractivity contribution < 1.29 is 4.79 Å². The zero-order chi connectivity index (χ0) is 14.8. The maximum Gasteiger partial charge on any atom is 0.246 e. The molecule has 1 amide bonds. The molecule has 0 radical (unpaired) electrons. The lowest BCUT2D eigenvalue weighted by Crippen LogP contribution is -2.20. The minimum absolute atomic E-state index is 0.0717. The Labute approximate surface area is 123 Å². The van der Waals surface area contributed by atoms with Gasteiger partial charge in [-0.3, -0.25) is 9.48 Å². The molecule has 0 atom stereocenters. The van der Waals surface area contributed by atoms with Gasteiger partial charge in [0.1, 0.15) is 6.54 Å². The van der Waals surface area contributed by atoms with Crippen LogP contribution in [-0.4, -0.2) is 15.7 Å². The Morgan fingerprint density at radius 3 is 2.62 bits per heavy atom. The number of aryl methyl sites for hydroxylation is 2. The molecule has 0 saturated carbocycles. The number of amides is 1. The van der Waals surface area contributed by atoms with Gasteiger partial charge in [-0.25, -0.2) is 0 Å². The summed E-state index contributed by atoms with van der Waals surface area (Å²) in [6.45, 7) is 4.14. The Morgan fingerprint density at radius 2 is 1.81 bits per heavy atom. The summed E-state index contributed by atoms with van der Waals surface area (Å²) in [6, 6.07) is 15.7. The average molecular weight is 279 g/mol. The van der Waals surface area contributed by atoms with E-state index in [0.29, 0.717) is 0 Å². The van der Waals surface area contributed by atoms with E-state index in [1.807, 2.05) is 62.4 Å². The molecule has 1 N–H and O–H groups in total. The molecular formula is C17H17N3O. The second-order valence-corrected chi connectivity index (χ2v) is 5.12. The standard InChI is InChI=1S/C17H17N3O/c1-12-7-3-5-9-15(12)18-17(21)11-20-16-10-6-4-8-14(16)13(2)19-20/h3-10H,11H2,1-2H3,(H,18,21). The normalized spacial score (nSPS) is 10.8. The first-order valence-corrected chi connectivity index (χ1v) is 6.93. The molecule has 3 rings (SSSR count). The van der Waals surface area contributed by atoms with E-state index >= 15 is 0 Å². The summed E-state index contributed by atoms with van der Waals surface area (Å²) < 4.78 is 1.75. The number of nitrogens with one attached hydrogen (secondary N) is 1. The molecule has 2 aromatic carbocycles. The third-order valence-corrected chi connectivity index (χ3v) is 3.56. The molecule has 0 saturated heterocycles. The van der Waals surface area contributed by atoms with Crippen molar-refractivity contribution in [2.75, 3.05) is 5.32 Å². The van der Waals surface area contributed by atoms with Crippen LogP contribution in [0.4, 0.5) is 5.69 Å². The predicted molar refractivity (Wildman–Crippen MR) is 84.3 cm³/mol. The van der Waals surface area contributed by atoms with Gasteiger partial charge < -0.3 is 5.32 Å². The fraction of sp³-hybridized carbons (Fsp3) is 0.176. The van der Waals surface area contributed by atoms with Crippen LogP contribution in [0.15, 0.2) is 48.5 Å². The lowest BCUT2D eigenvalue weighted by molar-refractivity contribution is -0.116. The second-order valence-electron chi connectivity index (χ2n) is 5.12. The second kappa shape index (κ2) is 5.40. The van der Waals surface area contributed by atoms with Crippen LogP contribution >= 0.6 is 0 Å². The smallest absolute Gasteiger partial charge is 0.246 e. The van der Waals surface area contributed by atoms with Crippen molar-refractivity contribution in [3.05, 3.63) is 59.8 Å². The highest BCUT2D eigenvalue weighted by Crippen LogP contribution is 2.18. The molecule has 3 aromatic rings. The van der Waals surface area contributed by atoms with E-state index in [9.17, 15) is 4.79 Å². The van der Waals surface area contributed by atoms with Crippen LogP contribution in [0.3, 0.4) is 0 Å². The van der Waals surface area contributed by atoms with Gasteiger partial charge in [-0.1, -0.05) is 36.4 Å². The van der Waals surface area contributed by atoms with Gasteiger partial charge in [0.05, 0.1) is 11.2 Å². The summed E-state index contributed by atoms with van der Waals surface area (Å²) in [6.07, 6.45) is 0. The molecule has 0 aliphatic heterocycles. The fourth-order valence-corrected chi connectivity index (χ4v) is 2.45. The number of fused-ring (bicyclic) bond motifs is 1. The molecule has 0 fully saturated rings. The first-order valence-electron chi connectivity index (χ1n) is 6.93. The number of carbonyl (C=O) groups is 1. The summed E-state index contributed by atoms with van der Waals surface area (Å²) >= 11 is 0.